The van der Waals surface area contributed by atoms with Gasteiger partial charge in [-0.2, -0.15) is 0 Å². The number of methoxy groups -OCH3 is 1. The van der Waals surface area contributed by atoms with Gasteiger partial charge in [-0.25, -0.2) is 4.39 Å². The lowest BCUT2D eigenvalue weighted by Gasteiger charge is -2.33. The van der Waals surface area contributed by atoms with Crippen molar-refractivity contribution in [1.29, 1.82) is 0 Å². The summed E-state index contributed by atoms with van der Waals surface area (Å²) >= 11 is 0. The molecule has 1 aliphatic carbocycles. The zero-order valence-electron chi connectivity index (χ0n) is 21.4. The predicted molar refractivity (Wildman–Crippen MR) is 143 cm³/mol. The average molecular weight is 503 g/mol. The minimum atomic E-state index is -0.741. The number of amides is 2. The molecule has 0 radical (unpaired) electrons. The van der Waals surface area contributed by atoms with Gasteiger partial charge >= 0.3 is 0 Å². The summed E-state index contributed by atoms with van der Waals surface area (Å²) in [6.07, 6.45) is 5.50. The fraction of sp³-hybridized carbons (Fsp3) is 0.355. The standard InChI is InChI=1S/C31H35FN2O3/c1-37-27-17-10-13-24(19-27)22-34(30(35)21-25-14-8-9-18-28(25)32)29(20-23-11-4-2-5-12-23)31(36)33-26-15-6-3-7-16-26/h2,4-5,8-14,17-19,26,29H,3,6-7,15-16,20-22H2,1H3,(H,33,36). The van der Waals surface area contributed by atoms with Gasteiger partial charge in [0.2, 0.25) is 11.8 Å². The Bertz CT molecular complexity index is 1180. The molecule has 0 heterocycles. The van der Waals surface area contributed by atoms with Gasteiger partial charge in [0.15, 0.2) is 0 Å². The lowest BCUT2D eigenvalue weighted by atomic mass is 9.94. The molecule has 1 fully saturated rings. The minimum Gasteiger partial charge on any atom is -0.497 e. The Morgan fingerprint density at radius 1 is 0.946 bits per heavy atom. The van der Waals surface area contributed by atoms with Crippen molar-refractivity contribution in [1.82, 2.24) is 10.2 Å². The molecule has 0 aliphatic heterocycles. The molecule has 1 saturated carbocycles. The van der Waals surface area contributed by atoms with Gasteiger partial charge in [0.1, 0.15) is 17.6 Å². The van der Waals surface area contributed by atoms with Crippen LogP contribution in [0.15, 0.2) is 78.9 Å². The van der Waals surface area contributed by atoms with Crippen molar-refractivity contribution in [2.24, 2.45) is 0 Å². The van der Waals surface area contributed by atoms with E-state index in [2.05, 4.69) is 5.32 Å². The lowest BCUT2D eigenvalue weighted by molar-refractivity contribution is -0.141. The van der Waals surface area contributed by atoms with Crippen molar-refractivity contribution < 1.29 is 18.7 Å². The molecule has 4 rings (SSSR count). The van der Waals surface area contributed by atoms with Gasteiger partial charge in [0.05, 0.1) is 13.5 Å². The number of hydrogen-bond donors (Lipinski definition) is 1. The summed E-state index contributed by atoms with van der Waals surface area (Å²) < 4.78 is 19.9. The molecular weight excluding hydrogens is 467 g/mol. The van der Waals surface area contributed by atoms with Crippen LogP contribution in [0.25, 0.3) is 0 Å². The van der Waals surface area contributed by atoms with E-state index in [1.54, 1.807) is 30.2 Å². The minimum absolute atomic E-state index is 0.111. The van der Waals surface area contributed by atoms with Crippen molar-refractivity contribution in [3.8, 4) is 5.75 Å². The number of hydrogen-bond acceptors (Lipinski definition) is 3. The van der Waals surface area contributed by atoms with Crippen LogP contribution in [0.3, 0.4) is 0 Å². The Kier molecular flexibility index (Phi) is 9.30. The van der Waals surface area contributed by atoms with Crippen LogP contribution in [-0.2, 0) is 29.0 Å². The molecular formula is C31H35FN2O3. The zero-order chi connectivity index (χ0) is 26.0. The van der Waals surface area contributed by atoms with E-state index in [0.29, 0.717) is 17.7 Å². The summed E-state index contributed by atoms with van der Waals surface area (Å²) in [6, 6.07) is 22.9. The number of ether oxygens (including phenoxy) is 1. The van der Waals surface area contributed by atoms with Gasteiger partial charge in [-0.05, 0) is 47.7 Å². The van der Waals surface area contributed by atoms with Crippen LogP contribution in [0.5, 0.6) is 5.75 Å². The average Bonchev–Trinajstić information content (AvgIpc) is 2.93. The molecule has 1 unspecified atom stereocenters. The molecule has 5 nitrogen and oxygen atoms in total. The molecule has 194 valence electrons. The van der Waals surface area contributed by atoms with Crippen molar-refractivity contribution in [2.75, 3.05) is 7.11 Å². The normalized spacial score (nSPS) is 14.5. The number of nitrogens with zero attached hydrogens (tertiary/aromatic N) is 1. The second-order valence-electron chi connectivity index (χ2n) is 9.69. The molecule has 0 aromatic heterocycles. The monoisotopic (exact) mass is 502 g/mol. The summed E-state index contributed by atoms with van der Waals surface area (Å²) in [5.41, 5.74) is 2.11. The molecule has 1 atom stereocenters. The third-order valence-electron chi connectivity index (χ3n) is 7.01. The van der Waals surface area contributed by atoms with Crippen LogP contribution < -0.4 is 10.1 Å². The molecule has 0 bridgehead atoms. The van der Waals surface area contributed by atoms with Crippen molar-refractivity contribution in [3.63, 3.8) is 0 Å². The maximum atomic E-state index is 14.5. The summed E-state index contributed by atoms with van der Waals surface area (Å²) in [5.74, 6) is -0.220. The lowest BCUT2D eigenvalue weighted by Crippen LogP contribution is -2.53. The van der Waals surface area contributed by atoms with Crippen molar-refractivity contribution in [3.05, 3.63) is 101 Å². The van der Waals surface area contributed by atoms with Crippen molar-refractivity contribution in [2.45, 2.75) is 63.6 Å². The molecule has 1 aliphatic rings. The van der Waals surface area contributed by atoms with Crippen LogP contribution in [0.2, 0.25) is 0 Å². The molecule has 0 saturated heterocycles. The Morgan fingerprint density at radius 2 is 1.65 bits per heavy atom. The molecule has 37 heavy (non-hydrogen) atoms. The van der Waals surface area contributed by atoms with Gasteiger partial charge < -0.3 is 15.0 Å². The molecule has 6 heteroatoms. The first-order chi connectivity index (χ1) is 18.0. The van der Waals surface area contributed by atoms with E-state index in [0.717, 1.165) is 36.8 Å². The first-order valence-corrected chi connectivity index (χ1v) is 13.0. The molecule has 2 amide bonds. The number of rotatable bonds is 10. The van der Waals surface area contributed by atoms with Crippen LogP contribution in [0.4, 0.5) is 4.39 Å². The smallest absolute Gasteiger partial charge is 0.243 e. The highest BCUT2D eigenvalue weighted by Crippen LogP contribution is 2.22. The third kappa shape index (κ3) is 7.42. The van der Waals surface area contributed by atoms with Crippen molar-refractivity contribution >= 4 is 11.8 Å². The number of benzene rings is 3. The quantitative estimate of drug-likeness (QED) is 0.400. The largest absolute Gasteiger partial charge is 0.497 e. The Balaban J connectivity index is 1.67. The number of halogens is 1. The molecule has 3 aromatic carbocycles. The summed E-state index contributed by atoms with van der Waals surface area (Å²) in [6.45, 7) is 0.208. The van der Waals surface area contributed by atoms with Crippen LogP contribution in [0.1, 0.15) is 48.8 Å². The van der Waals surface area contributed by atoms with E-state index in [-0.39, 0.29) is 30.8 Å². The third-order valence-corrected chi connectivity index (χ3v) is 7.01. The number of carbonyl (C=O) groups excluding carboxylic acids is 2. The molecule has 3 aromatic rings. The van der Waals surface area contributed by atoms with Gasteiger partial charge in [-0.15, -0.1) is 0 Å². The highest BCUT2D eigenvalue weighted by Gasteiger charge is 2.32. The first-order valence-electron chi connectivity index (χ1n) is 13.0. The second kappa shape index (κ2) is 13.0. The van der Waals surface area contributed by atoms with Gasteiger partial charge in [-0.1, -0.05) is 79.9 Å². The summed E-state index contributed by atoms with van der Waals surface area (Å²) in [7, 11) is 1.59. The predicted octanol–water partition coefficient (Wildman–Crippen LogP) is 5.47. The van der Waals surface area contributed by atoms with Crippen LogP contribution >= 0.6 is 0 Å². The highest BCUT2D eigenvalue weighted by atomic mass is 19.1. The van der Waals surface area contributed by atoms with E-state index in [1.165, 1.54) is 12.5 Å². The first kappa shape index (κ1) is 26.4. The Morgan fingerprint density at radius 3 is 2.38 bits per heavy atom. The second-order valence-corrected chi connectivity index (χ2v) is 9.69. The summed E-state index contributed by atoms with van der Waals surface area (Å²) in [5, 5.41) is 3.23. The molecule has 0 spiro atoms. The van der Waals surface area contributed by atoms with E-state index in [4.69, 9.17) is 4.74 Å². The summed E-state index contributed by atoms with van der Waals surface area (Å²) in [4.78, 5) is 29.2. The van der Waals surface area contributed by atoms with E-state index in [9.17, 15) is 14.0 Å². The maximum Gasteiger partial charge on any atom is 0.243 e. The van der Waals surface area contributed by atoms with E-state index < -0.39 is 11.9 Å². The molecule has 1 N–H and O–H groups in total. The fourth-order valence-electron chi connectivity index (χ4n) is 4.97. The highest BCUT2D eigenvalue weighted by molar-refractivity contribution is 5.89. The zero-order valence-corrected chi connectivity index (χ0v) is 21.4. The maximum absolute atomic E-state index is 14.5. The van der Waals surface area contributed by atoms with Gasteiger partial charge in [-0.3, -0.25) is 9.59 Å². The number of nitrogens with one attached hydrogen (secondary N) is 1. The van der Waals surface area contributed by atoms with Crippen LogP contribution in [0, 0.1) is 5.82 Å². The Hall–Kier alpha value is -3.67. The van der Waals surface area contributed by atoms with Crippen LogP contribution in [-0.4, -0.2) is 35.9 Å². The number of carbonyl (C=O) groups is 2. The Labute approximate surface area is 218 Å². The van der Waals surface area contributed by atoms with E-state index >= 15 is 0 Å². The van der Waals surface area contributed by atoms with Gasteiger partial charge in [0.25, 0.3) is 0 Å². The SMILES string of the molecule is COc1cccc(CN(C(=O)Cc2ccccc2F)C(Cc2ccccc2)C(=O)NC2CCCCC2)c1. The van der Waals surface area contributed by atoms with Gasteiger partial charge in [0, 0.05) is 19.0 Å². The topological polar surface area (TPSA) is 58.6 Å². The fourth-order valence-corrected chi connectivity index (χ4v) is 4.97. The van der Waals surface area contributed by atoms with E-state index in [1.807, 2.05) is 54.6 Å².